The molecule has 1 unspecified atom stereocenters. The van der Waals surface area contributed by atoms with Crippen molar-refractivity contribution in [2.24, 2.45) is 0 Å². The maximum Gasteiger partial charge on any atom is 0.143 e. The maximum absolute atomic E-state index is 8.92. The lowest BCUT2D eigenvalue weighted by Gasteiger charge is -2.35. The molecule has 0 fully saturated rings. The van der Waals surface area contributed by atoms with Crippen molar-refractivity contribution in [3.63, 3.8) is 0 Å². The Morgan fingerprint density at radius 3 is 1.72 bits per heavy atom. The Labute approximate surface area is 436 Å². The molecule has 0 amide bonds. The summed E-state index contributed by atoms with van der Waals surface area (Å²) in [6.45, 7) is 6.90. The molecule has 15 rings (SSSR count). The summed E-state index contributed by atoms with van der Waals surface area (Å²) >= 11 is 0. The van der Waals surface area contributed by atoms with Gasteiger partial charge < -0.3 is 13.6 Å². The fourth-order valence-corrected chi connectivity index (χ4v) is 12.5. The van der Waals surface area contributed by atoms with Gasteiger partial charge in [-0.25, -0.2) is 0 Å². The number of hydrogen-bond donors (Lipinski definition) is 0. The molecular weight excluding hydrogens is 897 g/mol. The molecule has 3 nitrogen and oxygen atoms in total. The van der Waals surface area contributed by atoms with Gasteiger partial charge in [0.15, 0.2) is 0 Å². The second kappa shape index (κ2) is 15.9. The summed E-state index contributed by atoms with van der Waals surface area (Å²) < 4.78 is 54.0. The summed E-state index contributed by atoms with van der Waals surface area (Å²) in [4.78, 5) is 0. The Bertz CT molecular complexity index is 4860. The first-order valence-electron chi connectivity index (χ1n) is 27.9. The minimum absolute atomic E-state index is 0.110. The Kier molecular flexibility index (Phi) is 8.08. The minimum Gasteiger partial charge on any atom is -0.455 e. The van der Waals surface area contributed by atoms with Crippen molar-refractivity contribution in [1.29, 1.82) is 0 Å². The molecule has 1 aliphatic carbocycles. The van der Waals surface area contributed by atoms with Gasteiger partial charge in [0.2, 0.25) is 0 Å². The fraction of sp³-hybridized carbons (Fsp3) is 0.0704. The van der Waals surface area contributed by atoms with Crippen LogP contribution in [0.15, 0.2) is 253 Å². The number of hydrogen-bond acceptors (Lipinski definition) is 1. The molecule has 3 heteroatoms. The molecular formula is C71H50N2O. The summed E-state index contributed by atoms with van der Waals surface area (Å²) in [5.41, 5.74) is 18.7. The summed E-state index contributed by atoms with van der Waals surface area (Å²) in [6.07, 6.45) is 0. The molecule has 0 aliphatic heterocycles. The van der Waals surface area contributed by atoms with E-state index in [0.717, 1.165) is 93.5 Å². The quantitative estimate of drug-likeness (QED) is 0.163. The number of furan rings is 1. The zero-order valence-electron chi connectivity index (χ0n) is 46.1. The molecule has 0 N–H and O–H groups in total. The van der Waals surface area contributed by atoms with Crippen LogP contribution in [0.1, 0.15) is 55.4 Å². The van der Waals surface area contributed by atoms with Gasteiger partial charge in [0.05, 0.1) is 40.0 Å². The lowest BCUT2D eigenvalue weighted by molar-refractivity contribution is 0.588. The first kappa shape index (κ1) is 37.6. The van der Waals surface area contributed by atoms with Crippen molar-refractivity contribution in [3.05, 3.63) is 276 Å². The van der Waals surface area contributed by atoms with Gasteiger partial charge in [-0.2, -0.15) is 0 Å². The standard InChI is InChI=1S/C71H50N2O/c1-70(2,3)50-38-39-57-61(44-50)71(48-18-6-4-7-19-48,49-36-32-45(33-37-49)52-25-16-26-56-55-24-12-15-31-67(55)74-69(52)56)60-27-17-30-66(68(57)60)73-63-29-14-11-23-54(63)59-43-47(35-41-65(59)73)46-34-40-64-58(42-46)53-22-10-13-28-62(53)72(64)51-20-8-5-9-21-51/h4-44H,1-3H3/i5D,8D,9D,20D,21D. The molecule has 74 heavy (non-hydrogen) atoms. The number of benzene rings is 11. The van der Waals surface area contributed by atoms with E-state index in [4.69, 9.17) is 11.3 Å². The van der Waals surface area contributed by atoms with Crippen molar-refractivity contribution >= 4 is 65.6 Å². The second-order valence-corrected chi connectivity index (χ2v) is 20.8. The molecule has 14 aromatic rings. The van der Waals surface area contributed by atoms with Crippen LogP contribution >= 0.6 is 0 Å². The van der Waals surface area contributed by atoms with Gasteiger partial charge in [-0.15, -0.1) is 0 Å². The summed E-state index contributed by atoms with van der Waals surface area (Å²) in [5, 5.41) is 6.35. The zero-order chi connectivity index (χ0) is 53.6. The Balaban J connectivity index is 0.929. The van der Waals surface area contributed by atoms with E-state index in [-0.39, 0.29) is 35.3 Å². The highest BCUT2D eigenvalue weighted by Gasteiger charge is 2.48. The lowest BCUT2D eigenvalue weighted by Crippen LogP contribution is -2.29. The number of nitrogens with zero attached hydrogens (tertiary/aromatic N) is 2. The molecule has 350 valence electrons. The van der Waals surface area contributed by atoms with Gasteiger partial charge in [-0.3, -0.25) is 0 Å². The Hall–Kier alpha value is -9.18. The van der Waals surface area contributed by atoms with Crippen LogP contribution in [0.4, 0.5) is 0 Å². The number of para-hydroxylation sites is 5. The Morgan fingerprint density at radius 1 is 0.419 bits per heavy atom. The number of aromatic nitrogens is 2. The molecule has 0 bridgehead atoms. The van der Waals surface area contributed by atoms with Crippen molar-refractivity contribution in [3.8, 4) is 44.8 Å². The first-order chi connectivity index (χ1) is 38.4. The van der Waals surface area contributed by atoms with Crippen molar-refractivity contribution in [1.82, 2.24) is 9.13 Å². The van der Waals surface area contributed by atoms with E-state index in [2.05, 4.69) is 201 Å². The van der Waals surface area contributed by atoms with E-state index in [1.54, 1.807) is 0 Å². The largest absolute Gasteiger partial charge is 0.455 e. The van der Waals surface area contributed by atoms with Crippen LogP contribution in [0, 0.1) is 0 Å². The van der Waals surface area contributed by atoms with Crippen LogP contribution in [-0.2, 0) is 10.8 Å². The minimum atomic E-state index is -0.677. The zero-order valence-corrected chi connectivity index (χ0v) is 41.1. The van der Waals surface area contributed by atoms with Crippen LogP contribution in [0.25, 0.3) is 110 Å². The van der Waals surface area contributed by atoms with E-state index in [0.29, 0.717) is 0 Å². The molecule has 0 radical (unpaired) electrons. The Morgan fingerprint density at radius 2 is 1.00 bits per heavy atom. The van der Waals surface area contributed by atoms with Crippen LogP contribution in [0.3, 0.4) is 0 Å². The molecule has 0 saturated carbocycles. The van der Waals surface area contributed by atoms with Crippen LogP contribution in [0.2, 0.25) is 0 Å². The average Bonchev–Trinajstić information content (AvgIpc) is 4.16. The average molecular weight is 952 g/mol. The highest BCUT2D eigenvalue weighted by Crippen LogP contribution is 2.59. The van der Waals surface area contributed by atoms with E-state index < -0.39 is 11.5 Å². The van der Waals surface area contributed by atoms with E-state index >= 15 is 0 Å². The predicted molar refractivity (Wildman–Crippen MR) is 309 cm³/mol. The number of rotatable bonds is 6. The molecule has 11 aromatic carbocycles. The number of fused-ring (bicyclic) bond motifs is 12. The molecule has 1 aliphatic rings. The highest BCUT2D eigenvalue weighted by molar-refractivity contribution is 6.14. The molecule has 1 atom stereocenters. The van der Waals surface area contributed by atoms with E-state index in [1.807, 2.05) is 47.0 Å². The fourth-order valence-electron chi connectivity index (χ4n) is 12.5. The van der Waals surface area contributed by atoms with E-state index in [9.17, 15) is 0 Å². The molecule has 0 saturated heterocycles. The van der Waals surface area contributed by atoms with E-state index in [1.165, 1.54) is 38.9 Å². The SMILES string of the molecule is [2H]c1c([2H])c([2H])c(-n2c3ccccc3c3cc(-c4ccc5c(c4)c4ccccc4n5-c4cccc5c4-c4ccc(C(C)(C)C)cc4C5(c4ccccc4)c4ccc(-c5cccc6c5oc5ccccc56)cc4)ccc32)c([2H])c1[2H]. The highest BCUT2D eigenvalue weighted by atomic mass is 16.3. The van der Waals surface area contributed by atoms with Crippen LogP contribution in [0.5, 0.6) is 0 Å². The second-order valence-electron chi connectivity index (χ2n) is 20.8. The van der Waals surface area contributed by atoms with Gasteiger partial charge in [-0.05, 0) is 116 Å². The normalized spacial score (nSPS) is 15.4. The summed E-state index contributed by atoms with van der Waals surface area (Å²) in [5.74, 6) is 0. The maximum atomic E-state index is 8.92. The third kappa shape index (κ3) is 6.07. The smallest absolute Gasteiger partial charge is 0.143 e. The van der Waals surface area contributed by atoms with Gasteiger partial charge in [0.1, 0.15) is 11.2 Å². The van der Waals surface area contributed by atoms with Crippen LogP contribution < -0.4 is 0 Å². The monoisotopic (exact) mass is 951 g/mol. The van der Waals surface area contributed by atoms with Crippen molar-refractivity contribution in [2.45, 2.75) is 31.6 Å². The third-order valence-electron chi connectivity index (χ3n) is 15.9. The van der Waals surface area contributed by atoms with Gasteiger partial charge >= 0.3 is 0 Å². The topological polar surface area (TPSA) is 23.0 Å². The van der Waals surface area contributed by atoms with Crippen molar-refractivity contribution in [2.75, 3.05) is 0 Å². The third-order valence-corrected chi connectivity index (χ3v) is 15.9. The predicted octanol–water partition coefficient (Wildman–Crippen LogP) is 18.8. The molecule has 3 heterocycles. The van der Waals surface area contributed by atoms with Gasteiger partial charge in [-0.1, -0.05) is 209 Å². The summed E-state index contributed by atoms with van der Waals surface area (Å²) in [6, 6.07) is 77.1. The van der Waals surface area contributed by atoms with Crippen LogP contribution in [-0.4, -0.2) is 9.13 Å². The van der Waals surface area contributed by atoms with Gasteiger partial charge in [0, 0.05) is 49.1 Å². The lowest BCUT2D eigenvalue weighted by atomic mass is 9.67. The van der Waals surface area contributed by atoms with Gasteiger partial charge in [0.25, 0.3) is 0 Å². The first-order valence-corrected chi connectivity index (χ1v) is 25.4. The molecule has 3 aromatic heterocycles. The molecule has 0 spiro atoms. The summed E-state index contributed by atoms with van der Waals surface area (Å²) in [7, 11) is 0. The van der Waals surface area contributed by atoms with Crippen molar-refractivity contribution < 1.29 is 11.3 Å².